The molecule has 0 unspecified atom stereocenters. The number of aliphatic hydroxyl groups excluding tert-OH is 1. The first-order valence-corrected chi connectivity index (χ1v) is 10.4. The van der Waals surface area contributed by atoms with Gasteiger partial charge in [-0.3, -0.25) is 4.79 Å². The van der Waals surface area contributed by atoms with Crippen LogP contribution in [0.3, 0.4) is 0 Å². The summed E-state index contributed by atoms with van der Waals surface area (Å²) in [5.41, 5.74) is 1.05. The van der Waals surface area contributed by atoms with Gasteiger partial charge >= 0.3 is 0 Å². The molecule has 1 N–H and O–H groups in total. The fraction of sp³-hybridized carbons (Fsp3) is 0.667. The highest BCUT2D eigenvalue weighted by Crippen LogP contribution is 2.37. The van der Waals surface area contributed by atoms with Crippen molar-refractivity contribution in [2.75, 3.05) is 59.7 Å². The number of β-amino-alcohol motifs (C(OH)–C–C–N with tert-alkyl or cyclic N) is 1. The van der Waals surface area contributed by atoms with Gasteiger partial charge in [0.25, 0.3) is 0 Å². The monoisotopic (exact) mass is 389 g/mol. The second-order valence-electron chi connectivity index (χ2n) is 8.16. The molecule has 0 aliphatic carbocycles. The summed E-state index contributed by atoms with van der Waals surface area (Å²) in [6.45, 7) is 6.44. The SMILES string of the molecule is CN1CCCN(CCC(=O)N2CC[C@H](c3ccc4c(c3)OCO4)[C@@H](O)C2)CC1. The Labute approximate surface area is 166 Å². The Kier molecular flexibility index (Phi) is 6.04. The normalized spacial score (nSPS) is 26.3. The lowest BCUT2D eigenvalue weighted by molar-refractivity contribution is -0.135. The molecule has 1 amide bonds. The van der Waals surface area contributed by atoms with Crippen molar-refractivity contribution in [3.05, 3.63) is 23.8 Å². The van der Waals surface area contributed by atoms with E-state index in [2.05, 4.69) is 16.8 Å². The molecule has 0 radical (unpaired) electrons. The number of carbonyl (C=O) groups excluding carboxylic acids is 1. The van der Waals surface area contributed by atoms with E-state index < -0.39 is 6.10 Å². The van der Waals surface area contributed by atoms with Crippen LogP contribution >= 0.6 is 0 Å². The predicted molar refractivity (Wildman–Crippen MR) is 106 cm³/mol. The molecule has 0 saturated carbocycles. The third-order valence-corrected chi connectivity index (χ3v) is 6.21. The molecule has 4 rings (SSSR count). The minimum Gasteiger partial charge on any atom is -0.454 e. The van der Waals surface area contributed by atoms with Gasteiger partial charge in [-0.05, 0) is 50.7 Å². The van der Waals surface area contributed by atoms with E-state index in [0.717, 1.165) is 62.6 Å². The van der Waals surface area contributed by atoms with Crippen LogP contribution in [0.2, 0.25) is 0 Å². The summed E-state index contributed by atoms with van der Waals surface area (Å²) in [5, 5.41) is 10.7. The molecule has 0 bridgehead atoms. The molecular weight excluding hydrogens is 358 g/mol. The van der Waals surface area contributed by atoms with E-state index >= 15 is 0 Å². The van der Waals surface area contributed by atoms with Crippen LogP contribution < -0.4 is 9.47 Å². The Balaban J connectivity index is 1.28. The molecule has 7 heteroatoms. The molecule has 154 valence electrons. The van der Waals surface area contributed by atoms with Crippen LogP contribution in [0.4, 0.5) is 0 Å². The minimum atomic E-state index is -0.551. The molecule has 0 spiro atoms. The number of hydrogen-bond acceptors (Lipinski definition) is 6. The second kappa shape index (κ2) is 8.68. The van der Waals surface area contributed by atoms with Crippen molar-refractivity contribution in [1.82, 2.24) is 14.7 Å². The zero-order valence-electron chi connectivity index (χ0n) is 16.7. The second-order valence-corrected chi connectivity index (χ2v) is 8.16. The van der Waals surface area contributed by atoms with E-state index in [1.165, 1.54) is 0 Å². The smallest absolute Gasteiger partial charge is 0.231 e. The number of hydrogen-bond donors (Lipinski definition) is 1. The number of fused-ring (bicyclic) bond motifs is 1. The zero-order chi connectivity index (χ0) is 19.5. The van der Waals surface area contributed by atoms with Gasteiger partial charge in [0.05, 0.1) is 6.10 Å². The van der Waals surface area contributed by atoms with Crippen LogP contribution in [-0.4, -0.2) is 91.5 Å². The van der Waals surface area contributed by atoms with E-state index in [4.69, 9.17) is 9.47 Å². The van der Waals surface area contributed by atoms with Gasteiger partial charge in [-0.25, -0.2) is 0 Å². The summed E-state index contributed by atoms with van der Waals surface area (Å²) in [4.78, 5) is 19.2. The molecule has 3 heterocycles. The lowest BCUT2D eigenvalue weighted by atomic mass is 9.87. The van der Waals surface area contributed by atoms with E-state index in [9.17, 15) is 9.90 Å². The first-order valence-electron chi connectivity index (χ1n) is 10.4. The highest BCUT2D eigenvalue weighted by Gasteiger charge is 2.32. The van der Waals surface area contributed by atoms with E-state index in [0.29, 0.717) is 19.5 Å². The number of amides is 1. The highest BCUT2D eigenvalue weighted by molar-refractivity contribution is 5.76. The maximum Gasteiger partial charge on any atom is 0.231 e. The summed E-state index contributed by atoms with van der Waals surface area (Å²) in [5.74, 6) is 1.68. The average Bonchev–Trinajstić information content (AvgIpc) is 3.07. The molecule has 3 aliphatic rings. The third-order valence-electron chi connectivity index (χ3n) is 6.21. The summed E-state index contributed by atoms with van der Waals surface area (Å²) in [6.07, 6.45) is 1.90. The van der Waals surface area contributed by atoms with Crippen molar-refractivity contribution in [3.63, 3.8) is 0 Å². The molecule has 3 aliphatic heterocycles. The lowest BCUT2D eigenvalue weighted by Crippen LogP contribution is -2.46. The number of likely N-dealkylation sites (N-methyl/N-ethyl adjacent to an activating group) is 1. The van der Waals surface area contributed by atoms with Crippen LogP contribution in [0.25, 0.3) is 0 Å². The molecule has 2 fully saturated rings. The first kappa shape index (κ1) is 19.5. The number of rotatable bonds is 4. The summed E-state index contributed by atoms with van der Waals surface area (Å²) < 4.78 is 10.8. The largest absolute Gasteiger partial charge is 0.454 e. The van der Waals surface area contributed by atoms with Crippen molar-refractivity contribution in [3.8, 4) is 11.5 Å². The van der Waals surface area contributed by atoms with Gasteiger partial charge in [0.1, 0.15) is 0 Å². The van der Waals surface area contributed by atoms with Crippen molar-refractivity contribution in [2.24, 2.45) is 0 Å². The molecule has 28 heavy (non-hydrogen) atoms. The molecule has 0 aromatic heterocycles. The fourth-order valence-corrected chi connectivity index (χ4v) is 4.43. The van der Waals surface area contributed by atoms with Gasteiger partial charge in [-0.15, -0.1) is 0 Å². The molecule has 2 saturated heterocycles. The highest BCUT2D eigenvalue weighted by atomic mass is 16.7. The van der Waals surface area contributed by atoms with Gasteiger partial charge < -0.3 is 29.3 Å². The standard InChI is InChI=1S/C21H31N3O4/c1-22-7-2-8-23(12-11-22)9-6-21(26)24-10-5-17(18(25)14-24)16-3-4-19-20(13-16)28-15-27-19/h3-4,13,17-18,25H,2,5-12,14-15H2,1H3/t17-,18+/m1/s1. The van der Waals surface area contributed by atoms with Crippen molar-refractivity contribution >= 4 is 5.91 Å². The van der Waals surface area contributed by atoms with E-state index in [-0.39, 0.29) is 18.6 Å². The average molecular weight is 389 g/mol. The lowest BCUT2D eigenvalue weighted by Gasteiger charge is -2.36. The van der Waals surface area contributed by atoms with Crippen molar-refractivity contribution < 1.29 is 19.4 Å². The quantitative estimate of drug-likeness (QED) is 0.833. The van der Waals surface area contributed by atoms with Gasteiger partial charge in [-0.2, -0.15) is 0 Å². The first-order chi connectivity index (χ1) is 13.6. The molecule has 1 aromatic rings. The van der Waals surface area contributed by atoms with Crippen LogP contribution in [0.5, 0.6) is 11.5 Å². The third kappa shape index (κ3) is 4.42. The van der Waals surface area contributed by atoms with Crippen LogP contribution in [0.1, 0.15) is 30.7 Å². The fourth-order valence-electron chi connectivity index (χ4n) is 4.43. The maximum atomic E-state index is 12.7. The number of carbonyl (C=O) groups is 1. The summed E-state index contributed by atoms with van der Waals surface area (Å²) in [6, 6.07) is 5.86. The molecule has 2 atom stereocenters. The molecular formula is C21H31N3O4. The van der Waals surface area contributed by atoms with Crippen LogP contribution in [-0.2, 0) is 4.79 Å². The maximum absolute atomic E-state index is 12.7. The van der Waals surface area contributed by atoms with Gasteiger partial charge in [0.2, 0.25) is 12.7 Å². The Hall–Kier alpha value is -1.83. The van der Waals surface area contributed by atoms with Crippen LogP contribution in [0.15, 0.2) is 18.2 Å². The van der Waals surface area contributed by atoms with E-state index in [1.54, 1.807) is 0 Å². The molecule has 1 aromatic carbocycles. The van der Waals surface area contributed by atoms with Gasteiger partial charge in [-0.1, -0.05) is 6.07 Å². The number of piperidine rings is 1. The minimum absolute atomic E-state index is 0.0275. The van der Waals surface area contributed by atoms with E-state index in [1.807, 2.05) is 23.1 Å². The number of benzene rings is 1. The Bertz CT molecular complexity index is 698. The Morgan fingerprint density at radius 2 is 2.00 bits per heavy atom. The predicted octanol–water partition coefficient (Wildman–Crippen LogP) is 1.12. The van der Waals surface area contributed by atoms with Crippen molar-refractivity contribution in [1.29, 1.82) is 0 Å². The van der Waals surface area contributed by atoms with Crippen LogP contribution in [0, 0.1) is 0 Å². The topological polar surface area (TPSA) is 65.5 Å². The number of nitrogens with zero attached hydrogens (tertiary/aromatic N) is 3. The Morgan fingerprint density at radius 1 is 1.14 bits per heavy atom. The Morgan fingerprint density at radius 3 is 2.86 bits per heavy atom. The zero-order valence-corrected chi connectivity index (χ0v) is 16.7. The number of ether oxygens (including phenoxy) is 2. The number of likely N-dealkylation sites (tertiary alicyclic amines) is 1. The summed E-state index contributed by atoms with van der Waals surface area (Å²) >= 11 is 0. The summed E-state index contributed by atoms with van der Waals surface area (Å²) in [7, 11) is 2.15. The number of aliphatic hydroxyl groups is 1. The van der Waals surface area contributed by atoms with Gasteiger partial charge in [0.15, 0.2) is 11.5 Å². The van der Waals surface area contributed by atoms with Gasteiger partial charge in [0, 0.05) is 45.1 Å². The van der Waals surface area contributed by atoms with Crippen molar-refractivity contribution in [2.45, 2.75) is 31.3 Å². The molecule has 7 nitrogen and oxygen atoms in total.